The van der Waals surface area contributed by atoms with Crippen molar-refractivity contribution in [2.75, 3.05) is 13.2 Å². The standard InChI is InChI=1S/C8H15N3O2/c9-10-8(12)11-4-5-13-7-3-1-2-6(7)11/h6-7H,1-5,9H2,(H,10,12). The maximum absolute atomic E-state index is 11.3. The molecule has 5 nitrogen and oxygen atoms in total. The van der Waals surface area contributed by atoms with Gasteiger partial charge in [-0.05, 0) is 19.3 Å². The van der Waals surface area contributed by atoms with Crippen molar-refractivity contribution in [1.82, 2.24) is 10.3 Å². The minimum atomic E-state index is -0.180. The summed E-state index contributed by atoms with van der Waals surface area (Å²) >= 11 is 0. The maximum Gasteiger partial charge on any atom is 0.331 e. The lowest BCUT2D eigenvalue weighted by Gasteiger charge is -2.37. The predicted molar refractivity (Wildman–Crippen MR) is 46.8 cm³/mol. The summed E-state index contributed by atoms with van der Waals surface area (Å²) in [6.07, 6.45) is 3.49. The van der Waals surface area contributed by atoms with Crippen LogP contribution in [-0.4, -0.2) is 36.2 Å². The lowest BCUT2D eigenvalue weighted by molar-refractivity contribution is -0.0382. The van der Waals surface area contributed by atoms with E-state index in [2.05, 4.69) is 5.43 Å². The molecule has 0 radical (unpaired) electrons. The first-order chi connectivity index (χ1) is 6.33. The molecular formula is C8H15N3O2. The number of nitrogens with zero attached hydrogens (tertiary/aromatic N) is 1. The second-order valence-electron chi connectivity index (χ2n) is 3.55. The number of hydrogen-bond donors (Lipinski definition) is 2. The summed E-state index contributed by atoms with van der Waals surface area (Å²) in [7, 11) is 0. The van der Waals surface area contributed by atoms with Crippen molar-refractivity contribution < 1.29 is 9.53 Å². The molecule has 0 spiro atoms. The number of carbonyl (C=O) groups is 1. The number of carbonyl (C=O) groups excluding carboxylic acids is 1. The number of morpholine rings is 1. The Morgan fingerprint density at radius 1 is 1.54 bits per heavy atom. The number of fused-ring (bicyclic) bond motifs is 1. The Morgan fingerprint density at radius 3 is 3.15 bits per heavy atom. The quantitative estimate of drug-likeness (QED) is 0.312. The fourth-order valence-corrected chi connectivity index (χ4v) is 2.26. The first-order valence-electron chi connectivity index (χ1n) is 4.72. The van der Waals surface area contributed by atoms with Crippen molar-refractivity contribution in [2.45, 2.75) is 31.4 Å². The molecule has 74 valence electrons. The largest absolute Gasteiger partial charge is 0.374 e. The molecule has 1 aliphatic heterocycles. The highest BCUT2D eigenvalue weighted by molar-refractivity contribution is 5.74. The van der Waals surface area contributed by atoms with Crippen molar-refractivity contribution in [3.63, 3.8) is 0 Å². The van der Waals surface area contributed by atoms with Gasteiger partial charge in [0.25, 0.3) is 0 Å². The number of hydrogen-bond acceptors (Lipinski definition) is 3. The van der Waals surface area contributed by atoms with Gasteiger partial charge < -0.3 is 9.64 Å². The van der Waals surface area contributed by atoms with Gasteiger partial charge in [-0.25, -0.2) is 10.6 Å². The third kappa shape index (κ3) is 1.49. The summed E-state index contributed by atoms with van der Waals surface area (Å²) in [5.74, 6) is 5.10. The first kappa shape index (κ1) is 8.77. The number of rotatable bonds is 0. The zero-order valence-electron chi connectivity index (χ0n) is 7.53. The van der Waals surface area contributed by atoms with Gasteiger partial charge in [0.2, 0.25) is 0 Å². The van der Waals surface area contributed by atoms with Crippen LogP contribution in [0.1, 0.15) is 19.3 Å². The van der Waals surface area contributed by atoms with E-state index in [1.54, 1.807) is 4.90 Å². The van der Waals surface area contributed by atoms with Crippen molar-refractivity contribution in [1.29, 1.82) is 0 Å². The summed E-state index contributed by atoms with van der Waals surface area (Å²) in [6, 6.07) is 0.0671. The van der Waals surface area contributed by atoms with E-state index in [1.165, 1.54) is 0 Å². The molecule has 0 bridgehead atoms. The van der Waals surface area contributed by atoms with E-state index in [-0.39, 0.29) is 18.2 Å². The molecule has 0 aromatic heterocycles. The molecule has 2 amide bonds. The average Bonchev–Trinajstić information content (AvgIpc) is 2.63. The molecule has 3 N–H and O–H groups in total. The molecular weight excluding hydrogens is 170 g/mol. The third-order valence-electron chi connectivity index (χ3n) is 2.87. The highest BCUT2D eigenvalue weighted by Gasteiger charge is 2.38. The van der Waals surface area contributed by atoms with Gasteiger partial charge >= 0.3 is 6.03 Å². The maximum atomic E-state index is 11.3. The van der Waals surface area contributed by atoms with E-state index in [0.717, 1.165) is 19.3 Å². The second kappa shape index (κ2) is 3.51. The number of amides is 2. The van der Waals surface area contributed by atoms with Crippen LogP contribution in [0.15, 0.2) is 0 Å². The molecule has 1 aliphatic carbocycles. The van der Waals surface area contributed by atoms with Gasteiger partial charge in [-0.15, -0.1) is 0 Å². The van der Waals surface area contributed by atoms with Gasteiger partial charge in [-0.1, -0.05) is 0 Å². The topological polar surface area (TPSA) is 67.6 Å². The number of hydrazine groups is 1. The zero-order valence-corrected chi connectivity index (χ0v) is 7.53. The highest BCUT2D eigenvalue weighted by Crippen LogP contribution is 2.29. The van der Waals surface area contributed by atoms with Gasteiger partial charge in [0, 0.05) is 6.54 Å². The van der Waals surface area contributed by atoms with E-state index < -0.39 is 0 Å². The normalized spacial score (nSPS) is 32.8. The Bertz CT molecular complexity index is 210. The number of ether oxygens (including phenoxy) is 1. The fourth-order valence-electron chi connectivity index (χ4n) is 2.26. The molecule has 13 heavy (non-hydrogen) atoms. The van der Waals surface area contributed by atoms with Crippen molar-refractivity contribution >= 4 is 6.03 Å². The summed E-state index contributed by atoms with van der Waals surface area (Å²) in [5, 5.41) is 0. The molecule has 1 heterocycles. The third-order valence-corrected chi connectivity index (χ3v) is 2.87. The molecule has 2 fully saturated rings. The van der Waals surface area contributed by atoms with Gasteiger partial charge in [0.1, 0.15) is 0 Å². The van der Waals surface area contributed by atoms with E-state index in [9.17, 15) is 4.79 Å². The van der Waals surface area contributed by atoms with Crippen LogP contribution < -0.4 is 11.3 Å². The first-order valence-corrected chi connectivity index (χ1v) is 4.72. The summed E-state index contributed by atoms with van der Waals surface area (Å²) in [6.45, 7) is 1.29. The molecule has 2 unspecified atom stereocenters. The van der Waals surface area contributed by atoms with Crippen LogP contribution in [-0.2, 0) is 4.74 Å². The minimum absolute atomic E-state index is 0.180. The molecule has 0 aromatic rings. The number of nitrogens with one attached hydrogen (secondary N) is 1. The van der Waals surface area contributed by atoms with Crippen LogP contribution in [0.25, 0.3) is 0 Å². The Labute approximate surface area is 77.2 Å². The average molecular weight is 185 g/mol. The Balaban J connectivity index is 2.05. The molecule has 1 saturated heterocycles. The molecule has 1 saturated carbocycles. The Hall–Kier alpha value is -0.810. The van der Waals surface area contributed by atoms with Gasteiger partial charge in [0.05, 0.1) is 18.8 Å². The van der Waals surface area contributed by atoms with Crippen LogP contribution in [0, 0.1) is 0 Å². The lowest BCUT2D eigenvalue weighted by atomic mass is 10.1. The van der Waals surface area contributed by atoms with Crippen LogP contribution >= 0.6 is 0 Å². The summed E-state index contributed by atoms with van der Waals surface area (Å²) in [4.78, 5) is 13.1. The molecule has 5 heteroatoms. The smallest absolute Gasteiger partial charge is 0.331 e. The predicted octanol–water partition coefficient (Wildman–Crippen LogP) is -0.177. The molecule has 2 rings (SSSR count). The monoisotopic (exact) mass is 185 g/mol. The Kier molecular flexibility index (Phi) is 2.37. The molecule has 2 atom stereocenters. The van der Waals surface area contributed by atoms with Crippen molar-refractivity contribution in [3.05, 3.63) is 0 Å². The second-order valence-corrected chi connectivity index (χ2v) is 3.55. The van der Waals surface area contributed by atoms with E-state index in [0.29, 0.717) is 13.2 Å². The number of urea groups is 1. The number of nitrogens with two attached hydrogens (primary N) is 1. The van der Waals surface area contributed by atoms with Gasteiger partial charge in [-0.3, -0.25) is 5.43 Å². The van der Waals surface area contributed by atoms with Crippen LogP contribution in [0.3, 0.4) is 0 Å². The van der Waals surface area contributed by atoms with Gasteiger partial charge in [-0.2, -0.15) is 0 Å². The van der Waals surface area contributed by atoms with Crippen molar-refractivity contribution in [3.8, 4) is 0 Å². The van der Waals surface area contributed by atoms with Crippen LogP contribution in [0.2, 0.25) is 0 Å². The minimum Gasteiger partial charge on any atom is -0.374 e. The van der Waals surface area contributed by atoms with Crippen LogP contribution in [0.4, 0.5) is 4.79 Å². The molecule has 2 aliphatic rings. The molecule has 0 aromatic carbocycles. The van der Waals surface area contributed by atoms with E-state index in [1.807, 2.05) is 0 Å². The summed E-state index contributed by atoms with van der Waals surface area (Å²) in [5.41, 5.74) is 2.18. The lowest BCUT2D eigenvalue weighted by Crippen LogP contribution is -2.55. The summed E-state index contributed by atoms with van der Waals surface area (Å²) < 4.78 is 5.56. The fraction of sp³-hybridized carbons (Fsp3) is 0.875. The SMILES string of the molecule is NNC(=O)N1CCOC2CCCC21. The van der Waals surface area contributed by atoms with E-state index in [4.69, 9.17) is 10.6 Å². The van der Waals surface area contributed by atoms with Crippen molar-refractivity contribution in [2.24, 2.45) is 5.84 Å². The van der Waals surface area contributed by atoms with Crippen LogP contribution in [0.5, 0.6) is 0 Å². The van der Waals surface area contributed by atoms with Gasteiger partial charge in [0.15, 0.2) is 0 Å². The Morgan fingerprint density at radius 2 is 2.38 bits per heavy atom. The highest BCUT2D eigenvalue weighted by atomic mass is 16.5. The van der Waals surface area contributed by atoms with E-state index >= 15 is 0 Å². The zero-order chi connectivity index (χ0) is 9.26.